The number of nitrogens with zero attached hydrogens (tertiary/aromatic N) is 1. The lowest BCUT2D eigenvalue weighted by atomic mass is 9.95. The van der Waals surface area contributed by atoms with E-state index in [-0.39, 0.29) is 5.91 Å². The van der Waals surface area contributed by atoms with E-state index in [1.807, 2.05) is 29.2 Å². The molecule has 1 aromatic rings. The Bertz CT molecular complexity index is 388. The van der Waals surface area contributed by atoms with E-state index in [1.54, 1.807) is 0 Å². The molecule has 1 amide bonds. The van der Waals surface area contributed by atoms with E-state index in [4.69, 9.17) is 0 Å². The Kier molecular flexibility index (Phi) is 4.11. The molecule has 0 aromatic heterocycles. The number of carbonyl (C=O) groups is 1. The molecule has 1 heterocycles. The van der Waals surface area contributed by atoms with Crippen LogP contribution in [0.15, 0.2) is 29.2 Å². The minimum Gasteiger partial charge on any atom is -0.338 e. The van der Waals surface area contributed by atoms with Gasteiger partial charge in [0, 0.05) is 23.5 Å². The number of carbonyl (C=O) groups excluding carboxylic acids is 1. The molecule has 1 unspecified atom stereocenters. The van der Waals surface area contributed by atoms with Gasteiger partial charge in [0.15, 0.2) is 0 Å². The van der Waals surface area contributed by atoms with Crippen molar-refractivity contribution < 1.29 is 4.79 Å². The maximum atomic E-state index is 12.3. The first-order valence-corrected chi connectivity index (χ1v) is 6.73. The number of hydrogen-bond donors (Lipinski definition) is 1. The summed E-state index contributed by atoms with van der Waals surface area (Å²) in [6.45, 7) is 4.02. The Morgan fingerprint density at radius 2 is 2.12 bits per heavy atom. The van der Waals surface area contributed by atoms with Crippen LogP contribution in [0, 0.1) is 5.92 Å². The molecule has 2 rings (SSSR count). The maximum Gasteiger partial charge on any atom is 0.253 e. The van der Waals surface area contributed by atoms with Crippen LogP contribution in [0.25, 0.3) is 0 Å². The molecule has 1 atom stereocenters. The second-order valence-corrected chi connectivity index (χ2v) is 5.23. The Balaban J connectivity index is 2.06. The second-order valence-electron chi connectivity index (χ2n) is 4.71. The lowest BCUT2D eigenvalue weighted by Crippen LogP contribution is -2.39. The van der Waals surface area contributed by atoms with Gasteiger partial charge < -0.3 is 4.90 Å². The summed E-state index contributed by atoms with van der Waals surface area (Å²) in [5.41, 5.74) is 0.777. The van der Waals surface area contributed by atoms with E-state index in [2.05, 4.69) is 19.6 Å². The average Bonchev–Trinajstić information content (AvgIpc) is 2.39. The molecule has 0 spiro atoms. The fraction of sp³-hybridized carbons (Fsp3) is 0.500. The lowest BCUT2D eigenvalue weighted by molar-refractivity contribution is 0.0671. The van der Waals surface area contributed by atoms with Crippen LogP contribution in [-0.4, -0.2) is 23.9 Å². The second kappa shape index (κ2) is 5.58. The fourth-order valence-corrected chi connectivity index (χ4v) is 2.52. The van der Waals surface area contributed by atoms with Crippen molar-refractivity contribution in [2.24, 2.45) is 5.92 Å². The van der Waals surface area contributed by atoms with Crippen LogP contribution in [0.4, 0.5) is 0 Å². The average molecular weight is 249 g/mol. The van der Waals surface area contributed by atoms with Crippen molar-refractivity contribution in [2.45, 2.75) is 31.1 Å². The molecule has 0 aliphatic carbocycles. The predicted molar refractivity (Wildman–Crippen MR) is 72.6 cm³/mol. The molecular formula is C14H19NOS. The van der Waals surface area contributed by atoms with Crippen molar-refractivity contribution in [3.05, 3.63) is 29.8 Å². The van der Waals surface area contributed by atoms with Gasteiger partial charge in [-0.1, -0.05) is 13.3 Å². The van der Waals surface area contributed by atoms with Crippen LogP contribution >= 0.6 is 12.6 Å². The van der Waals surface area contributed by atoms with Gasteiger partial charge in [-0.25, -0.2) is 0 Å². The molecule has 1 saturated heterocycles. The molecule has 1 aromatic carbocycles. The molecule has 92 valence electrons. The molecule has 0 saturated carbocycles. The summed E-state index contributed by atoms with van der Waals surface area (Å²) < 4.78 is 0. The highest BCUT2D eigenvalue weighted by atomic mass is 32.1. The summed E-state index contributed by atoms with van der Waals surface area (Å²) in [5, 5.41) is 0. The number of likely N-dealkylation sites (tertiary alicyclic amines) is 1. The number of amides is 1. The summed E-state index contributed by atoms with van der Waals surface area (Å²) in [6, 6.07) is 7.47. The first-order chi connectivity index (χ1) is 8.20. The molecule has 1 fully saturated rings. The molecule has 1 aliphatic rings. The SMILES string of the molecule is CCC1CCCN(C(=O)c2ccc(S)cc2)C1. The summed E-state index contributed by atoms with van der Waals surface area (Å²) in [5.74, 6) is 0.841. The summed E-state index contributed by atoms with van der Waals surface area (Å²) in [7, 11) is 0. The largest absolute Gasteiger partial charge is 0.338 e. The fourth-order valence-electron chi connectivity index (χ4n) is 2.37. The summed E-state index contributed by atoms with van der Waals surface area (Å²) >= 11 is 4.23. The normalized spacial score (nSPS) is 20.4. The molecule has 17 heavy (non-hydrogen) atoms. The third kappa shape index (κ3) is 3.03. The standard InChI is InChI=1S/C14H19NOS/c1-2-11-4-3-9-15(10-11)14(16)12-5-7-13(17)8-6-12/h5-8,11,17H,2-4,9-10H2,1H3. The molecule has 0 radical (unpaired) electrons. The van der Waals surface area contributed by atoms with Crippen LogP contribution in [0.2, 0.25) is 0 Å². The predicted octanol–water partition coefficient (Wildman–Crippen LogP) is 3.24. The number of rotatable bonds is 2. The third-order valence-corrected chi connectivity index (χ3v) is 3.80. The Hall–Kier alpha value is -0.960. The summed E-state index contributed by atoms with van der Waals surface area (Å²) in [4.78, 5) is 15.2. The van der Waals surface area contributed by atoms with Crippen molar-refractivity contribution in [3.8, 4) is 0 Å². The van der Waals surface area contributed by atoms with E-state index in [9.17, 15) is 4.79 Å². The molecule has 0 N–H and O–H groups in total. The Morgan fingerprint density at radius 1 is 1.41 bits per heavy atom. The van der Waals surface area contributed by atoms with Crippen LogP contribution in [0.3, 0.4) is 0 Å². The monoisotopic (exact) mass is 249 g/mol. The van der Waals surface area contributed by atoms with Crippen molar-refractivity contribution in [1.82, 2.24) is 4.90 Å². The lowest BCUT2D eigenvalue weighted by Gasteiger charge is -2.32. The minimum atomic E-state index is 0.163. The van der Waals surface area contributed by atoms with Gasteiger partial charge in [0.1, 0.15) is 0 Å². The molecule has 1 aliphatic heterocycles. The van der Waals surface area contributed by atoms with E-state index < -0.39 is 0 Å². The van der Waals surface area contributed by atoms with Crippen molar-refractivity contribution in [3.63, 3.8) is 0 Å². The molecular weight excluding hydrogens is 230 g/mol. The smallest absolute Gasteiger partial charge is 0.253 e. The number of thiol groups is 1. The molecule has 2 nitrogen and oxygen atoms in total. The third-order valence-electron chi connectivity index (χ3n) is 3.50. The molecule has 3 heteroatoms. The van der Waals surface area contributed by atoms with E-state index in [0.29, 0.717) is 5.92 Å². The molecule has 0 bridgehead atoms. The first-order valence-electron chi connectivity index (χ1n) is 6.29. The van der Waals surface area contributed by atoms with Crippen LogP contribution in [-0.2, 0) is 0 Å². The highest BCUT2D eigenvalue weighted by Crippen LogP contribution is 2.21. The number of piperidine rings is 1. The van der Waals surface area contributed by atoms with Gasteiger partial charge in [-0.05, 0) is 43.0 Å². The highest BCUT2D eigenvalue weighted by Gasteiger charge is 2.23. The maximum absolute atomic E-state index is 12.3. The van der Waals surface area contributed by atoms with Gasteiger partial charge in [0.2, 0.25) is 0 Å². The van der Waals surface area contributed by atoms with Gasteiger partial charge in [-0.3, -0.25) is 4.79 Å². The van der Waals surface area contributed by atoms with Gasteiger partial charge in [-0.15, -0.1) is 12.6 Å². The van der Waals surface area contributed by atoms with Crippen LogP contribution in [0.5, 0.6) is 0 Å². The number of hydrogen-bond acceptors (Lipinski definition) is 2. The quantitative estimate of drug-likeness (QED) is 0.798. The zero-order valence-electron chi connectivity index (χ0n) is 10.2. The highest BCUT2D eigenvalue weighted by molar-refractivity contribution is 7.80. The minimum absolute atomic E-state index is 0.163. The zero-order valence-corrected chi connectivity index (χ0v) is 11.1. The van der Waals surface area contributed by atoms with E-state index >= 15 is 0 Å². The van der Waals surface area contributed by atoms with Crippen LogP contribution < -0.4 is 0 Å². The Morgan fingerprint density at radius 3 is 2.76 bits per heavy atom. The Labute approximate surface area is 108 Å². The zero-order chi connectivity index (χ0) is 12.3. The van der Waals surface area contributed by atoms with Gasteiger partial charge in [0.25, 0.3) is 5.91 Å². The van der Waals surface area contributed by atoms with Gasteiger partial charge in [-0.2, -0.15) is 0 Å². The van der Waals surface area contributed by atoms with Gasteiger partial charge >= 0.3 is 0 Å². The summed E-state index contributed by atoms with van der Waals surface area (Å²) in [6.07, 6.45) is 3.56. The van der Waals surface area contributed by atoms with Crippen molar-refractivity contribution in [2.75, 3.05) is 13.1 Å². The van der Waals surface area contributed by atoms with Crippen LogP contribution in [0.1, 0.15) is 36.5 Å². The van der Waals surface area contributed by atoms with E-state index in [1.165, 1.54) is 12.8 Å². The van der Waals surface area contributed by atoms with E-state index in [0.717, 1.165) is 30.0 Å². The first kappa shape index (κ1) is 12.5. The van der Waals surface area contributed by atoms with Crippen molar-refractivity contribution in [1.29, 1.82) is 0 Å². The topological polar surface area (TPSA) is 20.3 Å². The number of benzene rings is 1. The van der Waals surface area contributed by atoms with Gasteiger partial charge in [0.05, 0.1) is 0 Å². The van der Waals surface area contributed by atoms with Crippen molar-refractivity contribution >= 4 is 18.5 Å².